The van der Waals surface area contributed by atoms with E-state index in [4.69, 9.17) is 4.74 Å². The van der Waals surface area contributed by atoms with E-state index in [-0.39, 0.29) is 5.60 Å². The lowest BCUT2D eigenvalue weighted by Crippen LogP contribution is -2.32. The van der Waals surface area contributed by atoms with Gasteiger partial charge < -0.3 is 15.4 Å². The maximum atomic E-state index is 5.36. The normalized spacial score (nSPS) is 11.3. The van der Waals surface area contributed by atoms with Crippen molar-refractivity contribution < 1.29 is 4.74 Å². The topological polar surface area (TPSA) is 46.2 Å². The number of pyridine rings is 1. The van der Waals surface area contributed by atoms with Gasteiger partial charge in [-0.05, 0) is 26.3 Å². The molecule has 0 aliphatic heterocycles. The fourth-order valence-electron chi connectivity index (χ4n) is 1.29. The lowest BCUT2D eigenvalue weighted by atomic mass is 10.1. The molecule has 1 aromatic rings. The van der Waals surface area contributed by atoms with Crippen LogP contribution in [0.2, 0.25) is 0 Å². The second-order valence-corrected chi connectivity index (χ2v) is 4.71. The average molecular weight is 237 g/mol. The van der Waals surface area contributed by atoms with Gasteiger partial charge in [-0.3, -0.25) is 4.98 Å². The second-order valence-electron chi connectivity index (χ2n) is 4.71. The second kappa shape index (κ2) is 6.45. The minimum atomic E-state index is -0.174. The van der Waals surface area contributed by atoms with E-state index in [2.05, 4.69) is 28.6 Å². The number of rotatable bonds is 7. The Morgan fingerprint density at radius 3 is 2.47 bits per heavy atom. The zero-order valence-electron chi connectivity index (χ0n) is 11.2. The predicted octanol–water partition coefficient (Wildman–Crippen LogP) is 2.74. The van der Waals surface area contributed by atoms with Crippen LogP contribution in [0.3, 0.4) is 0 Å². The summed E-state index contributed by atoms with van der Waals surface area (Å²) in [6, 6.07) is 2.06. The molecule has 96 valence electrons. The maximum Gasteiger partial charge on any atom is 0.0794 e. The van der Waals surface area contributed by atoms with Crippen LogP contribution in [0.25, 0.3) is 0 Å². The van der Waals surface area contributed by atoms with Crippen molar-refractivity contribution in [2.75, 3.05) is 30.8 Å². The molecule has 0 amide bonds. The van der Waals surface area contributed by atoms with E-state index >= 15 is 0 Å². The summed E-state index contributed by atoms with van der Waals surface area (Å²) in [5.74, 6) is 0. The summed E-state index contributed by atoms with van der Waals surface area (Å²) in [6.45, 7) is 7.96. The summed E-state index contributed by atoms with van der Waals surface area (Å²) in [5, 5.41) is 6.64. The summed E-state index contributed by atoms with van der Waals surface area (Å²) in [6.07, 6.45) is 4.76. The standard InChI is InChI=1S/C13H23N3O/c1-5-6-15-11-7-12(9-14-8-11)16-10-13(2,3)17-4/h7-9,15-16H,5-6,10H2,1-4H3. The van der Waals surface area contributed by atoms with Crippen molar-refractivity contribution in [1.29, 1.82) is 0 Å². The molecule has 0 aromatic carbocycles. The number of ether oxygens (including phenoxy) is 1. The highest BCUT2D eigenvalue weighted by Gasteiger charge is 2.15. The highest BCUT2D eigenvalue weighted by molar-refractivity contribution is 5.54. The molecule has 0 spiro atoms. The van der Waals surface area contributed by atoms with Crippen molar-refractivity contribution in [1.82, 2.24) is 4.98 Å². The van der Waals surface area contributed by atoms with E-state index in [1.807, 2.05) is 26.2 Å². The first-order valence-electron chi connectivity index (χ1n) is 6.05. The van der Waals surface area contributed by atoms with Crippen molar-refractivity contribution >= 4 is 11.4 Å². The van der Waals surface area contributed by atoms with Crippen LogP contribution in [-0.2, 0) is 4.74 Å². The molecule has 0 aliphatic carbocycles. The smallest absolute Gasteiger partial charge is 0.0794 e. The van der Waals surface area contributed by atoms with Crippen molar-refractivity contribution in [2.45, 2.75) is 32.8 Å². The number of nitrogens with zero attached hydrogens (tertiary/aromatic N) is 1. The van der Waals surface area contributed by atoms with Crippen LogP contribution in [0.1, 0.15) is 27.2 Å². The van der Waals surface area contributed by atoms with E-state index in [1.54, 1.807) is 7.11 Å². The molecule has 0 saturated carbocycles. The minimum Gasteiger partial charge on any atom is -0.384 e. The number of methoxy groups -OCH3 is 1. The summed E-state index contributed by atoms with van der Waals surface area (Å²) in [5.41, 5.74) is 1.88. The van der Waals surface area contributed by atoms with Gasteiger partial charge in [0.15, 0.2) is 0 Å². The summed E-state index contributed by atoms with van der Waals surface area (Å²) in [7, 11) is 1.72. The van der Waals surface area contributed by atoms with Gasteiger partial charge in [0.1, 0.15) is 0 Å². The summed E-state index contributed by atoms with van der Waals surface area (Å²) >= 11 is 0. The van der Waals surface area contributed by atoms with Gasteiger partial charge in [-0.2, -0.15) is 0 Å². The van der Waals surface area contributed by atoms with E-state index in [1.165, 1.54) is 0 Å². The van der Waals surface area contributed by atoms with Gasteiger partial charge in [0.2, 0.25) is 0 Å². The van der Waals surface area contributed by atoms with Crippen LogP contribution in [-0.4, -0.2) is 30.8 Å². The molecule has 1 rings (SSSR count). The van der Waals surface area contributed by atoms with E-state index in [0.29, 0.717) is 0 Å². The Balaban J connectivity index is 2.53. The van der Waals surface area contributed by atoms with Crippen molar-refractivity contribution in [3.05, 3.63) is 18.5 Å². The third kappa shape index (κ3) is 5.04. The van der Waals surface area contributed by atoms with Crippen LogP contribution in [0, 0.1) is 0 Å². The van der Waals surface area contributed by atoms with E-state index in [9.17, 15) is 0 Å². The van der Waals surface area contributed by atoms with Crippen molar-refractivity contribution in [2.24, 2.45) is 0 Å². The number of anilines is 2. The quantitative estimate of drug-likeness (QED) is 0.765. The monoisotopic (exact) mass is 237 g/mol. The molecule has 1 aromatic heterocycles. The molecule has 0 saturated heterocycles. The number of nitrogens with one attached hydrogen (secondary N) is 2. The molecule has 0 aliphatic rings. The number of hydrogen-bond donors (Lipinski definition) is 2. The van der Waals surface area contributed by atoms with Gasteiger partial charge in [-0.1, -0.05) is 6.92 Å². The van der Waals surface area contributed by atoms with Crippen LogP contribution >= 0.6 is 0 Å². The highest BCUT2D eigenvalue weighted by atomic mass is 16.5. The molecular formula is C13H23N3O. The Morgan fingerprint density at radius 2 is 1.88 bits per heavy atom. The van der Waals surface area contributed by atoms with Gasteiger partial charge in [-0.25, -0.2) is 0 Å². The van der Waals surface area contributed by atoms with Crippen LogP contribution in [0.15, 0.2) is 18.5 Å². The first-order valence-corrected chi connectivity index (χ1v) is 6.05. The van der Waals surface area contributed by atoms with Gasteiger partial charge >= 0.3 is 0 Å². The van der Waals surface area contributed by atoms with Crippen molar-refractivity contribution in [3.8, 4) is 0 Å². The third-order valence-corrected chi connectivity index (χ3v) is 2.59. The van der Waals surface area contributed by atoms with Crippen molar-refractivity contribution in [3.63, 3.8) is 0 Å². The van der Waals surface area contributed by atoms with Crippen LogP contribution < -0.4 is 10.6 Å². The molecule has 0 unspecified atom stereocenters. The maximum absolute atomic E-state index is 5.36. The lowest BCUT2D eigenvalue weighted by Gasteiger charge is -2.23. The van der Waals surface area contributed by atoms with Gasteiger partial charge in [0, 0.05) is 20.2 Å². The molecule has 4 heteroatoms. The summed E-state index contributed by atoms with van der Waals surface area (Å²) in [4.78, 5) is 4.20. The highest BCUT2D eigenvalue weighted by Crippen LogP contribution is 2.15. The average Bonchev–Trinajstić information content (AvgIpc) is 2.35. The fourth-order valence-corrected chi connectivity index (χ4v) is 1.29. The Labute approximate surface area is 104 Å². The zero-order chi connectivity index (χ0) is 12.7. The van der Waals surface area contributed by atoms with Gasteiger partial charge in [0.25, 0.3) is 0 Å². The molecule has 0 radical (unpaired) electrons. The predicted molar refractivity (Wildman–Crippen MR) is 72.6 cm³/mol. The Bertz CT molecular complexity index is 339. The van der Waals surface area contributed by atoms with Gasteiger partial charge in [-0.15, -0.1) is 0 Å². The third-order valence-electron chi connectivity index (χ3n) is 2.59. The minimum absolute atomic E-state index is 0.174. The number of aromatic nitrogens is 1. The van der Waals surface area contributed by atoms with Gasteiger partial charge in [0.05, 0.1) is 29.4 Å². The molecule has 1 heterocycles. The zero-order valence-corrected chi connectivity index (χ0v) is 11.2. The lowest BCUT2D eigenvalue weighted by molar-refractivity contribution is 0.0344. The van der Waals surface area contributed by atoms with E-state index in [0.717, 1.165) is 30.9 Å². The molecule has 17 heavy (non-hydrogen) atoms. The molecular weight excluding hydrogens is 214 g/mol. The van der Waals surface area contributed by atoms with Crippen LogP contribution in [0.5, 0.6) is 0 Å². The SMILES string of the molecule is CCCNc1cncc(NCC(C)(C)OC)c1. The van der Waals surface area contributed by atoms with Crippen LogP contribution in [0.4, 0.5) is 11.4 Å². The largest absolute Gasteiger partial charge is 0.384 e. The number of hydrogen-bond acceptors (Lipinski definition) is 4. The summed E-state index contributed by atoms with van der Waals surface area (Å²) < 4.78 is 5.36. The first kappa shape index (κ1) is 13.8. The Hall–Kier alpha value is -1.29. The van der Waals surface area contributed by atoms with E-state index < -0.39 is 0 Å². The molecule has 4 nitrogen and oxygen atoms in total. The molecule has 0 fully saturated rings. The Kier molecular flexibility index (Phi) is 5.22. The molecule has 0 atom stereocenters. The Morgan fingerprint density at radius 1 is 1.24 bits per heavy atom. The fraction of sp³-hybridized carbons (Fsp3) is 0.615. The first-order chi connectivity index (χ1) is 8.07. The molecule has 0 bridgehead atoms. The molecule has 2 N–H and O–H groups in total.